The summed E-state index contributed by atoms with van der Waals surface area (Å²) in [5, 5.41) is 19.0. The van der Waals surface area contributed by atoms with E-state index in [1.807, 2.05) is 0 Å². The fourth-order valence-electron chi connectivity index (χ4n) is 3.32. The van der Waals surface area contributed by atoms with E-state index in [9.17, 15) is 19.5 Å². The third-order valence-corrected chi connectivity index (χ3v) is 5.14. The van der Waals surface area contributed by atoms with Crippen LogP contribution in [0.4, 0.5) is 21.9 Å². The number of Topliss-reactive ketones (excluding diaryl/α,β-unsaturated/α-hetero) is 1. The molecule has 10 heteroatoms. The lowest BCUT2D eigenvalue weighted by molar-refractivity contribution is -0.121. The predicted molar refractivity (Wildman–Crippen MR) is 122 cm³/mol. The number of aliphatic hydroxyl groups is 1. The number of carbonyl (C=O) groups excluding carboxylic acids is 3. The Morgan fingerprint density at radius 2 is 1.62 bits per heavy atom. The lowest BCUT2D eigenvalue weighted by Crippen LogP contribution is -2.45. The van der Waals surface area contributed by atoms with E-state index in [-0.39, 0.29) is 31.9 Å². The number of carbonyl (C=O) groups is 3. The molecule has 0 bridgehead atoms. The van der Waals surface area contributed by atoms with Crippen LogP contribution in [0.2, 0.25) is 5.02 Å². The minimum atomic E-state index is -0.818. The lowest BCUT2D eigenvalue weighted by atomic mass is 10.1. The smallest absolute Gasteiger partial charge is 0.322 e. The molecule has 3 amide bonds. The van der Waals surface area contributed by atoms with Crippen molar-refractivity contribution in [1.29, 1.82) is 0 Å². The van der Waals surface area contributed by atoms with Gasteiger partial charge in [0.1, 0.15) is 12.6 Å². The fourth-order valence-corrected chi connectivity index (χ4v) is 3.45. The molecule has 0 saturated carbocycles. The number of anilines is 3. The first-order valence-electron chi connectivity index (χ1n) is 10.0. The minimum Gasteiger partial charge on any atom is -0.391 e. The quantitative estimate of drug-likeness (QED) is 0.480. The molecule has 1 aliphatic rings. The van der Waals surface area contributed by atoms with Crippen molar-refractivity contribution in [2.24, 2.45) is 0 Å². The first-order chi connectivity index (χ1) is 15.4. The van der Waals surface area contributed by atoms with Gasteiger partial charge in [-0.15, -0.1) is 0 Å². The van der Waals surface area contributed by atoms with Crippen molar-refractivity contribution in [3.8, 4) is 0 Å². The van der Waals surface area contributed by atoms with Gasteiger partial charge in [-0.05, 0) is 48.5 Å². The standard InChI is InChI=1S/C22H25ClN4O5/c1-32-13-19(29)11-24-15-6-8-16(9-7-15)25-21(30)20-10-18(28)12-27(20)22(31)26-17-4-2-14(23)3-5-17/h2-9,18,20,24,28H,10-13H2,1H3,(H,25,30)(H,26,31)/t18-,20-/m1/s1. The predicted octanol–water partition coefficient (Wildman–Crippen LogP) is 2.57. The SMILES string of the molecule is COCC(=O)CNc1ccc(NC(=O)[C@H]2C[C@@H](O)CN2C(=O)Nc2ccc(Cl)cc2)cc1. The molecule has 0 spiro atoms. The van der Waals surface area contributed by atoms with E-state index >= 15 is 0 Å². The summed E-state index contributed by atoms with van der Waals surface area (Å²) in [6.07, 6.45) is -0.654. The molecule has 3 rings (SSSR count). The highest BCUT2D eigenvalue weighted by atomic mass is 35.5. The Morgan fingerprint density at radius 3 is 2.28 bits per heavy atom. The van der Waals surface area contributed by atoms with Crippen LogP contribution in [-0.2, 0) is 14.3 Å². The number of hydrogen-bond donors (Lipinski definition) is 4. The zero-order chi connectivity index (χ0) is 23.1. The number of amides is 3. The first kappa shape index (κ1) is 23.5. The number of benzene rings is 2. The summed E-state index contributed by atoms with van der Waals surface area (Å²) in [4.78, 5) is 38.3. The van der Waals surface area contributed by atoms with Crippen molar-refractivity contribution in [2.45, 2.75) is 18.6 Å². The second-order valence-electron chi connectivity index (χ2n) is 7.39. The van der Waals surface area contributed by atoms with Crippen LogP contribution in [0.5, 0.6) is 0 Å². The van der Waals surface area contributed by atoms with Crippen LogP contribution >= 0.6 is 11.6 Å². The third-order valence-electron chi connectivity index (χ3n) is 4.89. The zero-order valence-corrected chi connectivity index (χ0v) is 18.3. The summed E-state index contributed by atoms with van der Waals surface area (Å²) in [6, 6.07) is 12.1. The highest BCUT2D eigenvalue weighted by molar-refractivity contribution is 6.30. The number of rotatable bonds is 8. The summed E-state index contributed by atoms with van der Waals surface area (Å²) in [7, 11) is 1.46. The van der Waals surface area contributed by atoms with Crippen LogP contribution < -0.4 is 16.0 Å². The van der Waals surface area contributed by atoms with E-state index in [0.29, 0.717) is 22.1 Å². The van der Waals surface area contributed by atoms with Gasteiger partial charge in [0, 0.05) is 42.2 Å². The number of β-amino-alcohol motifs (C(OH)–C–C–N with tert-alkyl or cyclic N) is 1. The molecule has 2 aromatic carbocycles. The van der Waals surface area contributed by atoms with Gasteiger partial charge in [-0.1, -0.05) is 11.6 Å². The summed E-state index contributed by atoms with van der Waals surface area (Å²) >= 11 is 5.86. The Morgan fingerprint density at radius 1 is 1.03 bits per heavy atom. The molecule has 0 aromatic heterocycles. The molecule has 4 N–H and O–H groups in total. The molecule has 0 radical (unpaired) electrons. The largest absolute Gasteiger partial charge is 0.391 e. The topological polar surface area (TPSA) is 120 Å². The maximum atomic E-state index is 12.8. The van der Waals surface area contributed by atoms with E-state index in [1.165, 1.54) is 12.0 Å². The van der Waals surface area contributed by atoms with E-state index in [4.69, 9.17) is 16.3 Å². The van der Waals surface area contributed by atoms with Gasteiger partial charge in [0.25, 0.3) is 0 Å². The van der Waals surface area contributed by atoms with Gasteiger partial charge in [-0.25, -0.2) is 4.79 Å². The van der Waals surface area contributed by atoms with Gasteiger partial charge >= 0.3 is 6.03 Å². The minimum absolute atomic E-state index is 0.0382. The molecule has 170 valence electrons. The van der Waals surface area contributed by atoms with Gasteiger partial charge in [0.05, 0.1) is 12.6 Å². The molecule has 0 aliphatic carbocycles. The van der Waals surface area contributed by atoms with Gasteiger partial charge in [0.2, 0.25) is 5.91 Å². The van der Waals surface area contributed by atoms with E-state index in [1.54, 1.807) is 48.5 Å². The Labute approximate surface area is 190 Å². The molecule has 1 fully saturated rings. The van der Waals surface area contributed by atoms with Crippen molar-refractivity contribution in [1.82, 2.24) is 4.90 Å². The van der Waals surface area contributed by atoms with Crippen molar-refractivity contribution < 1.29 is 24.2 Å². The zero-order valence-electron chi connectivity index (χ0n) is 17.5. The number of ether oxygens (including phenoxy) is 1. The fraction of sp³-hybridized carbons (Fsp3) is 0.318. The Bertz CT molecular complexity index is 952. The van der Waals surface area contributed by atoms with Gasteiger partial charge in [-0.2, -0.15) is 0 Å². The second kappa shape index (κ2) is 10.9. The number of urea groups is 1. The van der Waals surface area contributed by atoms with Crippen molar-refractivity contribution in [3.63, 3.8) is 0 Å². The van der Waals surface area contributed by atoms with Crippen LogP contribution in [0.25, 0.3) is 0 Å². The van der Waals surface area contributed by atoms with Crippen molar-refractivity contribution in [3.05, 3.63) is 53.6 Å². The van der Waals surface area contributed by atoms with Crippen LogP contribution in [0, 0.1) is 0 Å². The number of methoxy groups -OCH3 is 1. The molecular formula is C22H25ClN4O5. The number of likely N-dealkylation sites (tertiary alicyclic amines) is 1. The molecule has 1 aliphatic heterocycles. The average Bonchev–Trinajstić information content (AvgIpc) is 3.17. The highest BCUT2D eigenvalue weighted by Gasteiger charge is 2.39. The third kappa shape index (κ3) is 6.43. The van der Waals surface area contributed by atoms with Crippen LogP contribution in [0.3, 0.4) is 0 Å². The average molecular weight is 461 g/mol. The van der Waals surface area contributed by atoms with E-state index < -0.39 is 24.1 Å². The van der Waals surface area contributed by atoms with Crippen molar-refractivity contribution in [2.75, 3.05) is 42.8 Å². The molecule has 2 atom stereocenters. The van der Waals surface area contributed by atoms with Crippen LogP contribution in [-0.4, -0.2) is 66.7 Å². The van der Waals surface area contributed by atoms with Crippen LogP contribution in [0.1, 0.15) is 6.42 Å². The Balaban J connectivity index is 1.58. The molecular weight excluding hydrogens is 436 g/mol. The second-order valence-corrected chi connectivity index (χ2v) is 7.82. The lowest BCUT2D eigenvalue weighted by Gasteiger charge is -2.24. The molecule has 0 unspecified atom stereocenters. The van der Waals surface area contributed by atoms with Gasteiger partial charge in [0.15, 0.2) is 5.78 Å². The van der Waals surface area contributed by atoms with Crippen molar-refractivity contribution >= 4 is 46.4 Å². The molecule has 2 aromatic rings. The summed E-state index contributed by atoms with van der Waals surface area (Å²) in [5.74, 6) is -0.481. The number of aliphatic hydroxyl groups excluding tert-OH is 1. The number of nitrogens with one attached hydrogen (secondary N) is 3. The number of nitrogens with zero attached hydrogens (tertiary/aromatic N) is 1. The number of halogens is 1. The molecule has 32 heavy (non-hydrogen) atoms. The summed E-state index contributed by atoms with van der Waals surface area (Å²) in [6.45, 7) is 0.226. The maximum absolute atomic E-state index is 12.8. The molecule has 1 saturated heterocycles. The van der Waals surface area contributed by atoms with E-state index in [2.05, 4.69) is 16.0 Å². The Hall–Kier alpha value is -3.14. The first-order valence-corrected chi connectivity index (χ1v) is 10.4. The highest BCUT2D eigenvalue weighted by Crippen LogP contribution is 2.22. The summed E-state index contributed by atoms with van der Waals surface area (Å²) < 4.78 is 4.78. The van der Waals surface area contributed by atoms with E-state index in [0.717, 1.165) is 0 Å². The number of ketones is 1. The van der Waals surface area contributed by atoms with Crippen LogP contribution in [0.15, 0.2) is 48.5 Å². The maximum Gasteiger partial charge on any atom is 0.322 e. The van der Waals surface area contributed by atoms with Gasteiger partial charge in [-0.3, -0.25) is 9.59 Å². The number of hydrogen-bond acceptors (Lipinski definition) is 6. The Kier molecular flexibility index (Phi) is 8.04. The monoisotopic (exact) mass is 460 g/mol. The molecule has 9 nitrogen and oxygen atoms in total. The molecule has 1 heterocycles. The normalized spacial score (nSPS) is 17.7. The van der Waals surface area contributed by atoms with Gasteiger partial charge < -0.3 is 30.7 Å². The summed E-state index contributed by atoms with van der Waals surface area (Å²) in [5.41, 5.74) is 1.78.